The molecule has 5 heteroatoms. The minimum atomic E-state index is -0.634. The highest BCUT2D eigenvalue weighted by molar-refractivity contribution is 9.09. The number of carbonyl (C=O) groups is 2. The van der Waals surface area contributed by atoms with Gasteiger partial charge >= 0.3 is 0 Å². The van der Waals surface area contributed by atoms with Crippen molar-refractivity contribution in [2.75, 3.05) is 19.0 Å². The number of nitrogens with zero attached hydrogens (tertiary/aromatic N) is 1. The van der Waals surface area contributed by atoms with Crippen LogP contribution < -0.4 is 4.74 Å². The lowest BCUT2D eigenvalue weighted by molar-refractivity contribution is -0.140. The molecule has 0 bridgehead atoms. The Kier molecular flexibility index (Phi) is 4.76. The number of carbonyl (C=O) groups excluding carboxylic acids is 2. The van der Waals surface area contributed by atoms with Crippen molar-refractivity contribution >= 4 is 27.7 Å². The van der Waals surface area contributed by atoms with E-state index in [1.165, 1.54) is 4.90 Å². The minimum absolute atomic E-state index is 0.00295. The summed E-state index contributed by atoms with van der Waals surface area (Å²) in [6.45, 7) is 0.538. The highest BCUT2D eigenvalue weighted by Gasteiger charge is 2.53. The van der Waals surface area contributed by atoms with Crippen LogP contribution in [0.25, 0.3) is 0 Å². The van der Waals surface area contributed by atoms with Crippen LogP contribution >= 0.6 is 15.9 Å². The second-order valence-electron chi connectivity index (χ2n) is 6.38. The van der Waals surface area contributed by atoms with E-state index in [9.17, 15) is 9.59 Å². The molecule has 124 valence electrons. The Morgan fingerprint density at radius 3 is 2.87 bits per heavy atom. The summed E-state index contributed by atoms with van der Waals surface area (Å²) in [5, 5.41) is 0.900. The number of aryl methyl sites for hydroxylation is 1. The second kappa shape index (κ2) is 6.63. The smallest absolute Gasteiger partial charge is 0.240 e. The lowest BCUT2D eigenvalue weighted by Gasteiger charge is -2.33. The first-order valence-electron chi connectivity index (χ1n) is 8.20. The van der Waals surface area contributed by atoms with Crippen molar-refractivity contribution in [1.82, 2.24) is 4.90 Å². The van der Waals surface area contributed by atoms with Crippen LogP contribution in [0.1, 0.15) is 43.2 Å². The normalized spacial score (nSPS) is 23.5. The molecular formula is C18H22BrNO3. The summed E-state index contributed by atoms with van der Waals surface area (Å²) in [6, 6.07) is 5.90. The third-order valence-electron chi connectivity index (χ3n) is 5.05. The van der Waals surface area contributed by atoms with Gasteiger partial charge < -0.3 is 4.74 Å². The molecule has 1 aromatic carbocycles. The first-order chi connectivity index (χ1) is 11.1. The molecular weight excluding hydrogens is 358 g/mol. The van der Waals surface area contributed by atoms with Crippen molar-refractivity contribution < 1.29 is 14.3 Å². The maximum Gasteiger partial charge on any atom is 0.240 e. The molecule has 1 aromatic rings. The minimum Gasteiger partial charge on any atom is -0.497 e. The van der Waals surface area contributed by atoms with Crippen LogP contribution in [0.15, 0.2) is 18.2 Å². The molecule has 3 rings (SSSR count). The van der Waals surface area contributed by atoms with Gasteiger partial charge in [0, 0.05) is 18.3 Å². The van der Waals surface area contributed by atoms with Gasteiger partial charge in [-0.05, 0) is 55.4 Å². The number of benzene rings is 1. The Hall–Kier alpha value is -1.36. The number of halogens is 1. The molecule has 0 saturated carbocycles. The first-order valence-corrected chi connectivity index (χ1v) is 9.33. The van der Waals surface area contributed by atoms with E-state index in [0.717, 1.165) is 54.3 Å². The van der Waals surface area contributed by atoms with Gasteiger partial charge in [-0.25, -0.2) is 0 Å². The van der Waals surface area contributed by atoms with E-state index in [1.807, 2.05) is 18.2 Å². The zero-order valence-electron chi connectivity index (χ0n) is 13.4. The highest BCUT2D eigenvalue weighted by Crippen LogP contribution is 2.46. The summed E-state index contributed by atoms with van der Waals surface area (Å²) >= 11 is 3.39. The van der Waals surface area contributed by atoms with Crippen molar-refractivity contribution in [3.8, 4) is 5.75 Å². The quantitative estimate of drug-likeness (QED) is 0.448. The number of amides is 2. The molecule has 4 nitrogen and oxygen atoms in total. The van der Waals surface area contributed by atoms with Gasteiger partial charge in [0.1, 0.15) is 5.75 Å². The Balaban J connectivity index is 1.92. The van der Waals surface area contributed by atoms with Crippen molar-refractivity contribution in [2.24, 2.45) is 0 Å². The molecule has 0 aromatic heterocycles. The van der Waals surface area contributed by atoms with Crippen LogP contribution in [0.3, 0.4) is 0 Å². The fraction of sp³-hybridized carbons (Fsp3) is 0.556. The van der Waals surface area contributed by atoms with Crippen molar-refractivity contribution in [3.63, 3.8) is 0 Å². The molecule has 2 aliphatic rings. The molecule has 2 amide bonds. The maximum atomic E-state index is 13.1. The highest BCUT2D eigenvalue weighted by atomic mass is 79.9. The zero-order chi connectivity index (χ0) is 16.4. The zero-order valence-corrected chi connectivity index (χ0v) is 15.0. The van der Waals surface area contributed by atoms with E-state index in [1.54, 1.807) is 7.11 Å². The van der Waals surface area contributed by atoms with E-state index in [-0.39, 0.29) is 11.8 Å². The third-order valence-corrected chi connectivity index (χ3v) is 5.61. The molecule has 1 atom stereocenters. The molecule has 1 unspecified atom stereocenters. The Bertz CT molecular complexity index is 631. The number of alkyl halides is 1. The number of imide groups is 1. The maximum absolute atomic E-state index is 13.1. The van der Waals surface area contributed by atoms with Gasteiger partial charge in [0.25, 0.3) is 0 Å². The van der Waals surface area contributed by atoms with E-state index in [2.05, 4.69) is 15.9 Å². The second-order valence-corrected chi connectivity index (χ2v) is 7.18. The average molecular weight is 380 g/mol. The fourth-order valence-corrected chi connectivity index (χ4v) is 4.28. The summed E-state index contributed by atoms with van der Waals surface area (Å²) < 4.78 is 5.30. The van der Waals surface area contributed by atoms with Gasteiger partial charge in [-0.15, -0.1) is 0 Å². The summed E-state index contributed by atoms with van der Waals surface area (Å²) in [6.07, 6.45) is 4.80. The van der Waals surface area contributed by atoms with Gasteiger partial charge in [0.2, 0.25) is 11.8 Å². The van der Waals surface area contributed by atoms with Crippen LogP contribution in [0.5, 0.6) is 5.75 Å². The number of unbranched alkanes of at least 4 members (excludes halogenated alkanes) is 1. The van der Waals surface area contributed by atoms with Gasteiger partial charge in [0.15, 0.2) is 0 Å². The summed E-state index contributed by atoms with van der Waals surface area (Å²) in [5.74, 6) is 0.795. The van der Waals surface area contributed by atoms with Crippen molar-refractivity contribution in [2.45, 2.75) is 43.9 Å². The van der Waals surface area contributed by atoms with E-state index < -0.39 is 5.41 Å². The molecule has 1 heterocycles. The lowest BCUT2D eigenvalue weighted by Crippen LogP contribution is -2.41. The van der Waals surface area contributed by atoms with Crippen LogP contribution in [-0.4, -0.2) is 35.7 Å². The number of methoxy groups -OCH3 is 1. The molecule has 1 spiro atoms. The summed E-state index contributed by atoms with van der Waals surface area (Å²) in [7, 11) is 1.65. The van der Waals surface area contributed by atoms with E-state index >= 15 is 0 Å². The summed E-state index contributed by atoms with van der Waals surface area (Å²) in [4.78, 5) is 27.0. The predicted octanol–water partition coefficient (Wildman–Crippen LogP) is 3.20. The SMILES string of the molecule is COc1ccc2c(c1)CCCC21CC(=O)N(CCCCBr)C1=O. The largest absolute Gasteiger partial charge is 0.497 e. The molecule has 1 saturated heterocycles. The molecule has 23 heavy (non-hydrogen) atoms. The molecule has 0 radical (unpaired) electrons. The van der Waals surface area contributed by atoms with Gasteiger partial charge in [-0.3, -0.25) is 14.5 Å². The van der Waals surface area contributed by atoms with Gasteiger partial charge in [-0.2, -0.15) is 0 Å². The monoisotopic (exact) mass is 379 g/mol. The average Bonchev–Trinajstić information content (AvgIpc) is 2.79. The Labute approximate surface area is 145 Å². The van der Waals surface area contributed by atoms with Crippen molar-refractivity contribution in [3.05, 3.63) is 29.3 Å². The molecule has 1 aliphatic carbocycles. The number of rotatable bonds is 5. The Morgan fingerprint density at radius 2 is 2.13 bits per heavy atom. The van der Waals surface area contributed by atoms with Crippen LogP contribution in [0, 0.1) is 0 Å². The number of ether oxygens (including phenoxy) is 1. The standard InChI is InChI=1S/C18H22BrNO3/c1-23-14-6-7-15-13(11-14)5-4-8-18(15)12-16(21)20(17(18)22)10-3-2-9-19/h6-7,11H,2-5,8-10,12H2,1H3. The molecule has 1 aliphatic heterocycles. The van der Waals surface area contributed by atoms with Gasteiger partial charge in [-0.1, -0.05) is 22.0 Å². The molecule has 0 N–H and O–H groups in total. The van der Waals surface area contributed by atoms with E-state index in [4.69, 9.17) is 4.74 Å². The third kappa shape index (κ3) is 2.80. The van der Waals surface area contributed by atoms with Crippen LogP contribution in [0.2, 0.25) is 0 Å². The van der Waals surface area contributed by atoms with Gasteiger partial charge in [0.05, 0.1) is 12.5 Å². The summed E-state index contributed by atoms with van der Waals surface area (Å²) in [5.41, 5.74) is 1.55. The van der Waals surface area contributed by atoms with Crippen LogP contribution in [-0.2, 0) is 21.4 Å². The topological polar surface area (TPSA) is 46.6 Å². The van der Waals surface area contributed by atoms with E-state index in [0.29, 0.717) is 13.0 Å². The molecule has 1 fully saturated rings. The van der Waals surface area contributed by atoms with Crippen molar-refractivity contribution in [1.29, 1.82) is 0 Å². The lowest BCUT2D eigenvalue weighted by atomic mass is 9.69. The number of hydrogen-bond acceptors (Lipinski definition) is 3. The fourth-order valence-electron chi connectivity index (χ4n) is 3.88. The van der Waals surface area contributed by atoms with Crippen LogP contribution in [0.4, 0.5) is 0 Å². The number of likely N-dealkylation sites (tertiary alicyclic amines) is 1. The predicted molar refractivity (Wildman–Crippen MR) is 92.0 cm³/mol. The Morgan fingerprint density at radius 1 is 1.30 bits per heavy atom. The first kappa shape index (κ1) is 16.5. The number of fused-ring (bicyclic) bond motifs is 2. The number of hydrogen-bond donors (Lipinski definition) is 0.